The molecule has 3 rings (SSSR count). The molecule has 2 amide bonds. The van der Waals surface area contributed by atoms with Crippen molar-refractivity contribution in [2.24, 2.45) is 0 Å². The lowest BCUT2D eigenvalue weighted by molar-refractivity contribution is -0.117. The quantitative estimate of drug-likeness (QED) is 0.804. The van der Waals surface area contributed by atoms with E-state index in [-0.39, 0.29) is 30.3 Å². The monoisotopic (exact) mass is 395 g/mol. The van der Waals surface area contributed by atoms with Crippen molar-refractivity contribution in [3.63, 3.8) is 0 Å². The summed E-state index contributed by atoms with van der Waals surface area (Å²) in [6.45, 7) is 1.99. The molecule has 6 nitrogen and oxygen atoms in total. The van der Waals surface area contributed by atoms with Crippen molar-refractivity contribution in [2.75, 3.05) is 32.1 Å². The van der Waals surface area contributed by atoms with E-state index in [1.165, 1.54) is 19.3 Å². The van der Waals surface area contributed by atoms with Gasteiger partial charge in [0.1, 0.15) is 0 Å². The van der Waals surface area contributed by atoms with Crippen LogP contribution in [-0.2, 0) is 9.53 Å². The number of hydrogen-bond donors (Lipinski definition) is 2. The number of carbonyl (C=O) groups is 2. The average Bonchev–Trinajstić information content (AvgIpc) is 2.68. The summed E-state index contributed by atoms with van der Waals surface area (Å²) in [4.78, 5) is 27.2. The van der Waals surface area contributed by atoms with Crippen molar-refractivity contribution in [3.8, 4) is 0 Å². The highest BCUT2D eigenvalue weighted by molar-refractivity contribution is 6.03. The summed E-state index contributed by atoms with van der Waals surface area (Å²) in [5.41, 5.74) is 1.14. The van der Waals surface area contributed by atoms with Gasteiger partial charge in [0.05, 0.1) is 24.5 Å². The van der Waals surface area contributed by atoms with Crippen LogP contribution in [0.1, 0.15) is 48.9 Å². The van der Waals surface area contributed by atoms with Gasteiger partial charge >= 0.3 is 0 Å². The molecule has 2 N–H and O–H groups in total. The molecule has 2 fully saturated rings. The Morgan fingerprint density at radius 2 is 1.96 bits per heavy atom. The Hall–Kier alpha value is -1.63. The van der Waals surface area contributed by atoms with E-state index >= 15 is 0 Å². The van der Waals surface area contributed by atoms with Crippen LogP contribution in [0.5, 0.6) is 0 Å². The van der Waals surface area contributed by atoms with Gasteiger partial charge < -0.3 is 20.3 Å². The smallest absolute Gasteiger partial charge is 0.255 e. The van der Waals surface area contributed by atoms with Gasteiger partial charge in [0.25, 0.3) is 5.91 Å². The van der Waals surface area contributed by atoms with Crippen LogP contribution in [0.15, 0.2) is 24.3 Å². The number of carbonyl (C=O) groups excluding carboxylic acids is 2. The zero-order valence-corrected chi connectivity index (χ0v) is 16.7. The SMILES string of the molecule is CN(C(=O)c1ccccc1NC(=O)CC1COCCN1)C1CCCCC1.Cl. The molecule has 0 radical (unpaired) electrons. The molecule has 1 aromatic rings. The fourth-order valence-corrected chi connectivity index (χ4v) is 3.78. The molecule has 1 unspecified atom stereocenters. The fraction of sp³-hybridized carbons (Fsp3) is 0.600. The lowest BCUT2D eigenvalue weighted by Crippen LogP contribution is -2.43. The number of hydrogen-bond acceptors (Lipinski definition) is 4. The van der Waals surface area contributed by atoms with Crippen LogP contribution in [0.2, 0.25) is 0 Å². The van der Waals surface area contributed by atoms with Gasteiger partial charge in [-0.05, 0) is 25.0 Å². The number of benzene rings is 1. The average molecular weight is 396 g/mol. The minimum atomic E-state index is -0.103. The van der Waals surface area contributed by atoms with E-state index in [0.29, 0.717) is 36.9 Å². The minimum absolute atomic E-state index is 0. The number of para-hydroxylation sites is 1. The molecule has 7 heteroatoms. The molecule has 1 atom stereocenters. The third kappa shape index (κ3) is 5.92. The second kappa shape index (κ2) is 10.6. The molecule has 0 bridgehead atoms. The Bertz CT molecular complexity index is 629. The van der Waals surface area contributed by atoms with Crippen molar-refractivity contribution < 1.29 is 14.3 Å². The van der Waals surface area contributed by atoms with E-state index in [1.54, 1.807) is 12.1 Å². The van der Waals surface area contributed by atoms with Gasteiger partial charge in [-0.15, -0.1) is 12.4 Å². The van der Waals surface area contributed by atoms with E-state index in [1.807, 2.05) is 24.1 Å². The van der Waals surface area contributed by atoms with Crippen molar-refractivity contribution in [1.29, 1.82) is 0 Å². The first-order valence-corrected chi connectivity index (χ1v) is 9.62. The second-order valence-corrected chi connectivity index (χ2v) is 7.23. The second-order valence-electron chi connectivity index (χ2n) is 7.23. The molecule has 0 spiro atoms. The molecule has 1 heterocycles. The molecular formula is C20H30ClN3O3. The third-order valence-electron chi connectivity index (χ3n) is 5.30. The number of nitrogens with one attached hydrogen (secondary N) is 2. The lowest BCUT2D eigenvalue weighted by Gasteiger charge is -2.31. The number of nitrogens with zero attached hydrogens (tertiary/aromatic N) is 1. The van der Waals surface area contributed by atoms with Crippen molar-refractivity contribution >= 4 is 29.9 Å². The number of morpholine rings is 1. The minimum Gasteiger partial charge on any atom is -0.378 e. The van der Waals surface area contributed by atoms with Crippen LogP contribution >= 0.6 is 12.4 Å². The molecule has 1 saturated heterocycles. The molecule has 0 aromatic heterocycles. The normalized spacial score (nSPS) is 20.4. The first-order valence-electron chi connectivity index (χ1n) is 9.62. The lowest BCUT2D eigenvalue weighted by atomic mass is 9.94. The Labute approximate surface area is 167 Å². The predicted octanol–water partition coefficient (Wildman–Crippen LogP) is 2.83. The summed E-state index contributed by atoms with van der Waals surface area (Å²) in [7, 11) is 1.88. The molecule has 1 aliphatic heterocycles. The zero-order valence-electron chi connectivity index (χ0n) is 15.9. The summed E-state index contributed by atoms with van der Waals surface area (Å²) < 4.78 is 5.39. The van der Waals surface area contributed by atoms with Gasteiger partial charge in [0.15, 0.2) is 0 Å². The van der Waals surface area contributed by atoms with E-state index in [0.717, 1.165) is 19.4 Å². The van der Waals surface area contributed by atoms with E-state index < -0.39 is 0 Å². The molecule has 1 saturated carbocycles. The van der Waals surface area contributed by atoms with Gasteiger partial charge in [0.2, 0.25) is 5.91 Å². The highest BCUT2D eigenvalue weighted by Gasteiger charge is 2.25. The largest absolute Gasteiger partial charge is 0.378 e. The number of ether oxygens (including phenoxy) is 1. The van der Waals surface area contributed by atoms with Gasteiger partial charge in [-0.3, -0.25) is 9.59 Å². The van der Waals surface area contributed by atoms with E-state index in [9.17, 15) is 9.59 Å². The first-order chi connectivity index (χ1) is 12.6. The Balaban J connectivity index is 0.00000261. The summed E-state index contributed by atoms with van der Waals surface area (Å²) in [6, 6.07) is 7.59. The van der Waals surface area contributed by atoms with Crippen LogP contribution in [0, 0.1) is 0 Å². The maximum Gasteiger partial charge on any atom is 0.255 e. The van der Waals surface area contributed by atoms with Crippen LogP contribution in [0.3, 0.4) is 0 Å². The van der Waals surface area contributed by atoms with Gasteiger partial charge in [-0.2, -0.15) is 0 Å². The topological polar surface area (TPSA) is 70.7 Å². The summed E-state index contributed by atoms with van der Waals surface area (Å²) in [5.74, 6) is -0.125. The molecule has 27 heavy (non-hydrogen) atoms. The maximum absolute atomic E-state index is 13.0. The maximum atomic E-state index is 13.0. The Kier molecular flexibility index (Phi) is 8.54. The predicted molar refractivity (Wildman–Crippen MR) is 109 cm³/mol. The molecule has 150 valence electrons. The summed E-state index contributed by atoms with van der Waals surface area (Å²) >= 11 is 0. The number of rotatable bonds is 5. The number of anilines is 1. The van der Waals surface area contributed by atoms with Crippen molar-refractivity contribution in [3.05, 3.63) is 29.8 Å². The number of amides is 2. The van der Waals surface area contributed by atoms with Crippen LogP contribution < -0.4 is 10.6 Å². The molecule has 1 aliphatic carbocycles. The van der Waals surface area contributed by atoms with Gasteiger partial charge in [-0.25, -0.2) is 0 Å². The van der Waals surface area contributed by atoms with Gasteiger partial charge in [-0.1, -0.05) is 31.4 Å². The fourth-order valence-electron chi connectivity index (χ4n) is 3.78. The number of halogens is 1. The summed E-state index contributed by atoms with van der Waals surface area (Å²) in [5, 5.41) is 6.19. The molecular weight excluding hydrogens is 366 g/mol. The van der Waals surface area contributed by atoms with Crippen molar-refractivity contribution in [2.45, 2.75) is 50.6 Å². The van der Waals surface area contributed by atoms with Crippen LogP contribution in [0.25, 0.3) is 0 Å². The van der Waals surface area contributed by atoms with Crippen LogP contribution in [-0.4, -0.2) is 55.6 Å². The highest BCUT2D eigenvalue weighted by atomic mass is 35.5. The Morgan fingerprint density at radius 3 is 2.67 bits per heavy atom. The summed E-state index contributed by atoms with van der Waals surface area (Å²) in [6.07, 6.45) is 6.06. The first kappa shape index (κ1) is 21.7. The van der Waals surface area contributed by atoms with E-state index in [2.05, 4.69) is 10.6 Å². The molecule has 2 aliphatic rings. The third-order valence-corrected chi connectivity index (χ3v) is 5.30. The van der Waals surface area contributed by atoms with Crippen molar-refractivity contribution in [1.82, 2.24) is 10.2 Å². The highest BCUT2D eigenvalue weighted by Crippen LogP contribution is 2.25. The molecule has 1 aromatic carbocycles. The zero-order chi connectivity index (χ0) is 18.4. The van der Waals surface area contributed by atoms with Gasteiger partial charge in [0, 0.05) is 32.1 Å². The van der Waals surface area contributed by atoms with E-state index in [4.69, 9.17) is 4.74 Å². The standard InChI is InChI=1S/C20H29N3O3.ClH/c1-23(16-7-3-2-4-8-16)20(25)17-9-5-6-10-18(17)22-19(24)13-15-14-26-12-11-21-15;/h5-6,9-10,15-16,21H,2-4,7-8,11-14H2,1H3,(H,22,24);1H. The Morgan fingerprint density at radius 1 is 1.22 bits per heavy atom. The van der Waals surface area contributed by atoms with Crippen LogP contribution in [0.4, 0.5) is 5.69 Å².